The summed E-state index contributed by atoms with van der Waals surface area (Å²) in [6.07, 6.45) is -0.244. The number of amides is 1. The van der Waals surface area contributed by atoms with Gasteiger partial charge in [-0.15, -0.1) is 0 Å². The molecule has 0 unspecified atom stereocenters. The highest BCUT2D eigenvalue weighted by molar-refractivity contribution is 7.77. The van der Waals surface area contributed by atoms with Crippen LogP contribution in [0.3, 0.4) is 0 Å². The average Bonchev–Trinajstić information content (AvgIpc) is 2.21. The second-order valence-corrected chi connectivity index (χ2v) is 2.98. The Kier molecular flexibility index (Phi) is 6.80. The normalized spacial score (nSPS) is 17.4. The Hall–Kier alpha value is -0.420. The maximum absolute atomic E-state index is 10.9. The van der Waals surface area contributed by atoms with Crippen molar-refractivity contribution in [1.82, 2.24) is 9.21 Å². The van der Waals surface area contributed by atoms with Crippen LogP contribution < -0.4 is 0 Å². The molecule has 1 saturated heterocycles. The molecule has 1 amide bonds. The molecule has 0 spiro atoms. The first-order valence-electron chi connectivity index (χ1n) is 4.51. The first kappa shape index (κ1) is 12.6. The minimum absolute atomic E-state index is 0.244. The van der Waals surface area contributed by atoms with Gasteiger partial charge in [0.2, 0.25) is 0 Å². The molecule has 1 rings (SSSR count). The van der Waals surface area contributed by atoms with E-state index in [1.807, 2.05) is 18.2 Å². The van der Waals surface area contributed by atoms with Crippen molar-refractivity contribution in [2.45, 2.75) is 13.8 Å². The van der Waals surface area contributed by atoms with E-state index in [-0.39, 0.29) is 6.09 Å². The fourth-order valence-corrected chi connectivity index (χ4v) is 1.19. The van der Waals surface area contributed by atoms with Gasteiger partial charge in [-0.05, 0) is 0 Å². The van der Waals surface area contributed by atoms with Gasteiger partial charge in [-0.25, -0.2) is 9.10 Å². The van der Waals surface area contributed by atoms with Crippen molar-refractivity contribution >= 4 is 18.9 Å². The first-order chi connectivity index (χ1) is 6.24. The summed E-state index contributed by atoms with van der Waals surface area (Å²) >= 11 is 4.15. The molecule has 1 heterocycles. The highest BCUT2D eigenvalue weighted by Crippen LogP contribution is 2.04. The van der Waals surface area contributed by atoms with Crippen LogP contribution in [0.25, 0.3) is 0 Å². The van der Waals surface area contributed by atoms with Crippen molar-refractivity contribution in [2.24, 2.45) is 0 Å². The summed E-state index contributed by atoms with van der Waals surface area (Å²) in [6, 6.07) is 0. The molecule has 78 valence electrons. The molecule has 0 bridgehead atoms. The highest BCUT2D eigenvalue weighted by atomic mass is 32.1. The van der Waals surface area contributed by atoms with Crippen molar-refractivity contribution in [3.63, 3.8) is 0 Å². The van der Waals surface area contributed by atoms with Crippen LogP contribution in [-0.2, 0) is 4.74 Å². The lowest BCUT2D eigenvalue weighted by Gasteiger charge is -2.30. The van der Waals surface area contributed by atoms with Crippen LogP contribution in [0.4, 0.5) is 4.79 Å². The predicted molar refractivity (Wildman–Crippen MR) is 55.9 cm³/mol. The third-order valence-electron chi connectivity index (χ3n) is 1.69. The van der Waals surface area contributed by atoms with Gasteiger partial charge in [0.05, 0.1) is 7.11 Å². The summed E-state index contributed by atoms with van der Waals surface area (Å²) in [6.45, 7) is 7.02. The maximum Gasteiger partial charge on any atom is 0.409 e. The molecule has 4 nitrogen and oxygen atoms in total. The Morgan fingerprint density at radius 3 is 2.08 bits per heavy atom. The van der Waals surface area contributed by atoms with Gasteiger partial charge in [-0.1, -0.05) is 26.7 Å². The van der Waals surface area contributed by atoms with Crippen LogP contribution >= 0.6 is 12.8 Å². The molecule has 0 aromatic rings. The number of hydrogen-bond acceptors (Lipinski definition) is 4. The topological polar surface area (TPSA) is 32.8 Å². The molecule has 1 aliphatic rings. The fraction of sp³-hybridized carbons (Fsp3) is 0.875. The van der Waals surface area contributed by atoms with Crippen molar-refractivity contribution in [3.05, 3.63) is 0 Å². The lowest BCUT2D eigenvalue weighted by molar-refractivity contribution is 0.110. The molecule has 0 aliphatic carbocycles. The number of ether oxygens (including phenoxy) is 1. The van der Waals surface area contributed by atoms with Crippen LogP contribution in [0.1, 0.15) is 13.8 Å². The number of methoxy groups -OCH3 is 1. The zero-order valence-electron chi connectivity index (χ0n) is 8.49. The van der Waals surface area contributed by atoms with E-state index in [1.165, 1.54) is 7.11 Å². The first-order valence-corrected chi connectivity index (χ1v) is 4.91. The number of rotatable bonds is 0. The number of thiol groups is 1. The Bertz CT molecular complexity index is 147. The molecule has 1 aliphatic heterocycles. The van der Waals surface area contributed by atoms with Crippen molar-refractivity contribution < 1.29 is 9.53 Å². The zero-order valence-corrected chi connectivity index (χ0v) is 9.38. The van der Waals surface area contributed by atoms with Crippen LogP contribution in [0.15, 0.2) is 0 Å². The van der Waals surface area contributed by atoms with E-state index >= 15 is 0 Å². The van der Waals surface area contributed by atoms with Crippen molar-refractivity contribution in [2.75, 3.05) is 33.3 Å². The summed E-state index contributed by atoms with van der Waals surface area (Å²) in [4.78, 5) is 12.6. The van der Waals surface area contributed by atoms with E-state index in [1.54, 1.807) is 4.90 Å². The fourth-order valence-electron chi connectivity index (χ4n) is 1.01. The molecule has 0 aromatic heterocycles. The van der Waals surface area contributed by atoms with E-state index < -0.39 is 0 Å². The standard InChI is InChI=1S/C6H12N2O2S.C2H6/c1-10-6(9)7-2-4-8(11)5-3-7;1-2/h11H,2-5H2,1H3;1-2H3. The van der Waals surface area contributed by atoms with Crippen LogP contribution in [0.2, 0.25) is 0 Å². The number of piperazine rings is 1. The Morgan fingerprint density at radius 2 is 1.69 bits per heavy atom. The van der Waals surface area contributed by atoms with E-state index in [9.17, 15) is 4.79 Å². The lowest BCUT2D eigenvalue weighted by Crippen LogP contribution is -2.45. The van der Waals surface area contributed by atoms with Crippen LogP contribution in [-0.4, -0.2) is 48.6 Å². The summed E-state index contributed by atoms with van der Waals surface area (Å²) in [5, 5.41) is 0. The lowest BCUT2D eigenvalue weighted by atomic mass is 10.4. The zero-order chi connectivity index (χ0) is 10.3. The number of carbonyl (C=O) groups excluding carboxylic acids is 1. The quantitative estimate of drug-likeness (QED) is 0.605. The third kappa shape index (κ3) is 4.38. The molecular weight excluding hydrogens is 188 g/mol. The molecule has 0 radical (unpaired) electrons. The monoisotopic (exact) mass is 206 g/mol. The number of carbonyl (C=O) groups is 1. The van der Waals surface area contributed by atoms with Gasteiger partial charge in [0.1, 0.15) is 0 Å². The van der Waals surface area contributed by atoms with Gasteiger partial charge in [0.15, 0.2) is 0 Å². The minimum atomic E-state index is -0.244. The van der Waals surface area contributed by atoms with Gasteiger partial charge in [-0.2, -0.15) is 0 Å². The SMILES string of the molecule is CC.COC(=O)N1CCN(S)CC1. The Balaban J connectivity index is 0.000000671. The molecule has 0 aromatic carbocycles. The molecule has 5 heteroatoms. The van der Waals surface area contributed by atoms with Gasteiger partial charge in [0, 0.05) is 26.2 Å². The van der Waals surface area contributed by atoms with Crippen LogP contribution in [0, 0.1) is 0 Å². The van der Waals surface area contributed by atoms with E-state index in [0.717, 1.165) is 13.1 Å². The summed E-state index contributed by atoms with van der Waals surface area (Å²) < 4.78 is 6.46. The van der Waals surface area contributed by atoms with Gasteiger partial charge >= 0.3 is 6.09 Å². The highest BCUT2D eigenvalue weighted by Gasteiger charge is 2.19. The second-order valence-electron chi connectivity index (χ2n) is 2.41. The molecule has 13 heavy (non-hydrogen) atoms. The molecule has 0 N–H and O–H groups in total. The Morgan fingerprint density at radius 1 is 1.23 bits per heavy atom. The van der Waals surface area contributed by atoms with Crippen molar-refractivity contribution in [1.29, 1.82) is 0 Å². The smallest absolute Gasteiger partial charge is 0.409 e. The van der Waals surface area contributed by atoms with Crippen LogP contribution in [0.5, 0.6) is 0 Å². The number of hydrogen-bond donors (Lipinski definition) is 1. The summed E-state index contributed by atoms with van der Waals surface area (Å²) in [5.41, 5.74) is 0. The summed E-state index contributed by atoms with van der Waals surface area (Å²) in [7, 11) is 1.40. The Labute approximate surface area is 85.4 Å². The van der Waals surface area contributed by atoms with E-state index in [2.05, 4.69) is 17.6 Å². The predicted octanol–water partition coefficient (Wildman–Crippen LogP) is 1.24. The molecular formula is C8H18N2O2S. The van der Waals surface area contributed by atoms with Gasteiger partial charge < -0.3 is 9.64 Å². The molecule has 0 saturated carbocycles. The van der Waals surface area contributed by atoms with Gasteiger partial charge in [-0.3, -0.25) is 0 Å². The number of nitrogens with zero attached hydrogens (tertiary/aromatic N) is 2. The molecule has 1 fully saturated rings. The molecule has 0 atom stereocenters. The summed E-state index contributed by atoms with van der Waals surface area (Å²) in [5.74, 6) is 0. The van der Waals surface area contributed by atoms with Gasteiger partial charge in [0.25, 0.3) is 0 Å². The average molecular weight is 206 g/mol. The maximum atomic E-state index is 10.9. The third-order valence-corrected chi connectivity index (χ3v) is 2.09. The van der Waals surface area contributed by atoms with E-state index in [4.69, 9.17) is 0 Å². The largest absolute Gasteiger partial charge is 0.453 e. The minimum Gasteiger partial charge on any atom is -0.453 e. The second kappa shape index (κ2) is 7.03. The van der Waals surface area contributed by atoms with E-state index in [0.29, 0.717) is 13.1 Å². The van der Waals surface area contributed by atoms with Crippen molar-refractivity contribution in [3.8, 4) is 0 Å².